The number of aromatic nitrogens is 1. The highest BCUT2D eigenvalue weighted by molar-refractivity contribution is 7.89. The normalized spacial score (nSPS) is 17.7. The number of carbonyl (C=O) groups is 1. The van der Waals surface area contributed by atoms with E-state index in [2.05, 4.69) is 40.3 Å². The van der Waals surface area contributed by atoms with Crippen LogP contribution < -0.4 is 11.1 Å². The number of hydrogen-bond acceptors (Lipinski definition) is 5. The van der Waals surface area contributed by atoms with Gasteiger partial charge in [0.1, 0.15) is 10.8 Å². The lowest BCUT2D eigenvalue weighted by Crippen LogP contribution is -2.46. The zero-order chi connectivity index (χ0) is 27.0. The van der Waals surface area contributed by atoms with Gasteiger partial charge in [0.25, 0.3) is 0 Å². The predicted molar refractivity (Wildman–Crippen MR) is 157 cm³/mol. The Morgan fingerprint density at radius 2 is 1.87 bits per heavy atom. The Hall–Kier alpha value is -2.59. The molecule has 0 amide bonds. The van der Waals surface area contributed by atoms with Crippen molar-refractivity contribution in [3.63, 3.8) is 0 Å². The van der Waals surface area contributed by atoms with Gasteiger partial charge in [0.2, 0.25) is 10.0 Å². The second-order valence-electron chi connectivity index (χ2n) is 10.8. The van der Waals surface area contributed by atoms with Crippen LogP contribution in [0.5, 0.6) is 0 Å². The van der Waals surface area contributed by atoms with Crippen LogP contribution in [0.4, 0.5) is 0 Å². The zero-order valence-electron chi connectivity index (χ0n) is 22.0. The second kappa shape index (κ2) is 10.9. The number of rotatable bonds is 9. The smallest absolute Gasteiger partial charge is 0.216 e. The predicted octanol–water partition coefficient (Wildman–Crippen LogP) is 4.04. The minimum atomic E-state index is -3.26. The van der Waals surface area contributed by atoms with Crippen LogP contribution >= 0.6 is 12.2 Å². The molecule has 0 aliphatic carbocycles. The number of nitrogens with zero attached hydrogens (tertiary/aromatic N) is 2. The summed E-state index contributed by atoms with van der Waals surface area (Å²) >= 11 is 5.22. The fourth-order valence-electron chi connectivity index (χ4n) is 5.49. The molecule has 0 saturated carbocycles. The van der Waals surface area contributed by atoms with Crippen molar-refractivity contribution in [2.75, 3.05) is 26.2 Å². The molecule has 7 nitrogen and oxygen atoms in total. The van der Waals surface area contributed by atoms with E-state index in [4.69, 9.17) is 18.0 Å². The van der Waals surface area contributed by atoms with Gasteiger partial charge in [0, 0.05) is 72.8 Å². The summed E-state index contributed by atoms with van der Waals surface area (Å²) in [5.74, 6) is 0.482. The molecule has 3 N–H and O–H groups in total. The first-order valence-corrected chi connectivity index (χ1v) is 15.3. The van der Waals surface area contributed by atoms with Crippen LogP contribution in [0.15, 0.2) is 48.7 Å². The quantitative estimate of drug-likeness (QED) is 0.389. The van der Waals surface area contributed by atoms with Gasteiger partial charge in [-0.15, -0.1) is 0 Å². The molecular formula is C29H36N4O3S2. The number of aryl methyl sites for hydroxylation is 1. The summed E-state index contributed by atoms with van der Waals surface area (Å²) in [5.41, 5.74) is 11.1. The van der Waals surface area contributed by atoms with E-state index in [0.717, 1.165) is 59.1 Å². The molecule has 38 heavy (non-hydrogen) atoms. The van der Waals surface area contributed by atoms with Crippen LogP contribution in [0.3, 0.4) is 0 Å². The molecule has 2 aliphatic heterocycles. The highest BCUT2D eigenvalue weighted by atomic mass is 32.2. The van der Waals surface area contributed by atoms with Crippen LogP contribution in [-0.2, 0) is 21.2 Å². The molecule has 0 radical (unpaired) electrons. The molecule has 0 unspecified atom stereocenters. The summed E-state index contributed by atoms with van der Waals surface area (Å²) in [7, 11) is -3.26. The third kappa shape index (κ3) is 5.30. The molecule has 2 fully saturated rings. The Kier molecular flexibility index (Phi) is 7.73. The third-order valence-electron chi connectivity index (χ3n) is 8.03. The van der Waals surface area contributed by atoms with E-state index in [1.807, 2.05) is 18.2 Å². The Bertz CT molecular complexity index is 1470. The molecule has 0 spiro atoms. The summed E-state index contributed by atoms with van der Waals surface area (Å²) in [6.07, 6.45) is 4.95. The van der Waals surface area contributed by atoms with Crippen molar-refractivity contribution in [1.82, 2.24) is 14.2 Å². The largest absolute Gasteiger partial charge is 0.389 e. The van der Waals surface area contributed by atoms with E-state index in [1.54, 1.807) is 18.2 Å². The Morgan fingerprint density at radius 3 is 2.50 bits per heavy atom. The molecule has 1 aromatic heterocycles. The van der Waals surface area contributed by atoms with Gasteiger partial charge in [-0.3, -0.25) is 4.79 Å². The average molecular weight is 553 g/mol. The van der Waals surface area contributed by atoms with Gasteiger partial charge in [-0.2, -0.15) is 0 Å². The van der Waals surface area contributed by atoms with Gasteiger partial charge in [-0.05, 0) is 56.4 Å². The first-order valence-electron chi connectivity index (χ1n) is 13.4. The Labute approximate surface area is 230 Å². The minimum absolute atomic E-state index is 0.155. The minimum Gasteiger partial charge on any atom is -0.389 e. The second-order valence-corrected chi connectivity index (χ2v) is 13.7. The monoisotopic (exact) mass is 552 g/mol. The maximum absolute atomic E-state index is 12.7. The molecule has 9 heteroatoms. The molecule has 0 atom stereocenters. The highest BCUT2D eigenvalue weighted by Gasteiger charge is 2.31. The molecule has 2 aromatic carbocycles. The summed E-state index contributed by atoms with van der Waals surface area (Å²) in [6.45, 7) is 6.09. The number of benzene rings is 2. The fourth-order valence-corrected chi connectivity index (χ4v) is 6.93. The Morgan fingerprint density at radius 1 is 1.13 bits per heavy atom. The molecule has 2 aliphatic rings. The number of piperidine rings is 1. The number of nitrogens with one attached hydrogen (secondary N) is 1. The Balaban J connectivity index is 1.48. The number of nitrogens with two attached hydrogens (primary N) is 1. The lowest BCUT2D eigenvalue weighted by atomic mass is 9.93. The van der Waals surface area contributed by atoms with Crippen molar-refractivity contribution in [2.24, 2.45) is 11.7 Å². The van der Waals surface area contributed by atoms with Crippen LogP contribution in [-0.4, -0.2) is 59.5 Å². The maximum Gasteiger partial charge on any atom is 0.216 e. The highest BCUT2D eigenvalue weighted by Crippen LogP contribution is 2.37. The maximum atomic E-state index is 12.7. The summed E-state index contributed by atoms with van der Waals surface area (Å²) in [6, 6.07) is 14.6. The number of hydrogen-bond donors (Lipinski definition) is 2. The van der Waals surface area contributed by atoms with Gasteiger partial charge in [0.15, 0.2) is 0 Å². The van der Waals surface area contributed by atoms with Crippen molar-refractivity contribution in [1.29, 1.82) is 0 Å². The van der Waals surface area contributed by atoms with Crippen molar-refractivity contribution >= 4 is 43.9 Å². The number of Topliss-reactive ketones (excluding diaryl/α,β-unsaturated/α-hetero) is 1. The van der Waals surface area contributed by atoms with Crippen molar-refractivity contribution < 1.29 is 13.2 Å². The summed E-state index contributed by atoms with van der Waals surface area (Å²) < 4.78 is 29.4. The van der Waals surface area contributed by atoms with Crippen LogP contribution in [0.2, 0.25) is 0 Å². The van der Waals surface area contributed by atoms with Gasteiger partial charge < -0.3 is 15.6 Å². The SMILES string of the molecule is CC(C)S(=O)(=O)N1CCC(n2cc(-c3cccc(C(N)=S)c3)c3ccc(CCC(=O)C4CNC4)cc32)CC1. The fraction of sp³-hybridized carbons (Fsp3) is 0.448. The van der Waals surface area contributed by atoms with Gasteiger partial charge in [-0.1, -0.05) is 42.5 Å². The lowest BCUT2D eigenvalue weighted by molar-refractivity contribution is -0.124. The number of fused-ring (bicyclic) bond motifs is 1. The van der Waals surface area contributed by atoms with E-state index in [1.165, 1.54) is 0 Å². The summed E-state index contributed by atoms with van der Waals surface area (Å²) in [5, 5.41) is 3.88. The lowest BCUT2D eigenvalue weighted by Gasteiger charge is -2.33. The zero-order valence-corrected chi connectivity index (χ0v) is 23.7. The van der Waals surface area contributed by atoms with E-state index < -0.39 is 15.3 Å². The van der Waals surface area contributed by atoms with Crippen molar-refractivity contribution in [3.8, 4) is 11.1 Å². The van der Waals surface area contributed by atoms with Gasteiger partial charge in [-0.25, -0.2) is 12.7 Å². The van der Waals surface area contributed by atoms with E-state index >= 15 is 0 Å². The van der Waals surface area contributed by atoms with Crippen LogP contribution in [0, 0.1) is 5.92 Å². The number of ketones is 1. The van der Waals surface area contributed by atoms with Crippen molar-refractivity contribution in [2.45, 2.75) is 50.8 Å². The molecule has 2 saturated heterocycles. The molecule has 3 heterocycles. The van der Waals surface area contributed by atoms with Gasteiger partial charge in [0.05, 0.1) is 5.25 Å². The third-order valence-corrected chi connectivity index (χ3v) is 10.5. The molecule has 3 aromatic rings. The molecule has 5 rings (SSSR count). The van der Waals surface area contributed by atoms with Crippen LogP contribution in [0.25, 0.3) is 22.0 Å². The number of thiocarbonyl (C=S) groups is 1. The first-order chi connectivity index (χ1) is 18.1. The molecule has 202 valence electrons. The molecule has 0 bridgehead atoms. The van der Waals surface area contributed by atoms with E-state index in [9.17, 15) is 13.2 Å². The van der Waals surface area contributed by atoms with Gasteiger partial charge >= 0.3 is 0 Å². The summed E-state index contributed by atoms with van der Waals surface area (Å²) in [4.78, 5) is 12.9. The van der Waals surface area contributed by atoms with Crippen LogP contribution in [0.1, 0.15) is 50.3 Å². The topological polar surface area (TPSA) is 97.4 Å². The number of sulfonamides is 1. The standard InChI is InChI=1S/C29H36N4O3S2/c1-19(2)38(35,36)32-12-10-24(11-13-32)33-18-26(21-4-3-5-22(15-21)29(30)37)25-8-6-20(14-27(25)33)7-9-28(34)23-16-31-17-23/h3-6,8,14-15,18-19,23-24,31H,7,9-13,16-17H2,1-2H3,(H2,30,37). The van der Waals surface area contributed by atoms with E-state index in [0.29, 0.717) is 36.7 Å². The number of carbonyl (C=O) groups excluding carboxylic acids is 1. The van der Waals surface area contributed by atoms with Crippen molar-refractivity contribution in [3.05, 3.63) is 59.8 Å². The molecular weight excluding hydrogens is 516 g/mol. The average Bonchev–Trinajstić information content (AvgIpc) is 3.25. The van der Waals surface area contributed by atoms with E-state index in [-0.39, 0.29) is 12.0 Å². The first kappa shape index (κ1) is 27.0.